The van der Waals surface area contributed by atoms with Gasteiger partial charge in [-0.05, 0) is 5.92 Å². The lowest BCUT2D eigenvalue weighted by molar-refractivity contribution is -0.137. The Hall–Kier alpha value is -0.660. The molecule has 7 heteroatoms. The Morgan fingerprint density at radius 1 is 1.62 bits per heavy atom. The molecule has 0 bridgehead atoms. The smallest absolute Gasteiger partial charge is 0.323 e. The maximum absolute atomic E-state index is 10.9. The van der Waals surface area contributed by atoms with Crippen molar-refractivity contribution in [2.45, 2.75) is 26.3 Å². The second kappa shape index (κ2) is 4.54. The molecule has 0 aromatic rings. The molecule has 0 unspecified atom stereocenters. The summed E-state index contributed by atoms with van der Waals surface area (Å²) in [6, 6.07) is -1.04. The molecule has 0 aliphatic heterocycles. The molecule has 0 aromatic heterocycles. The first-order valence-corrected chi connectivity index (χ1v) is 5.10. The SMILES string of the molecule is CC[C@H](C)[C@H](N)C(=O)OS(=O)(=O)O. The molecule has 13 heavy (non-hydrogen) atoms. The van der Waals surface area contributed by atoms with Crippen LogP contribution in [-0.4, -0.2) is 25.0 Å². The first kappa shape index (κ1) is 12.3. The largest absolute Gasteiger partial charge is 0.449 e. The lowest BCUT2D eigenvalue weighted by Crippen LogP contribution is -2.38. The topological polar surface area (TPSA) is 107 Å². The number of rotatable bonds is 4. The molecule has 0 aliphatic carbocycles. The van der Waals surface area contributed by atoms with Crippen molar-refractivity contribution in [3.8, 4) is 0 Å². The van der Waals surface area contributed by atoms with Crippen LogP contribution < -0.4 is 5.73 Å². The van der Waals surface area contributed by atoms with Gasteiger partial charge in [-0.25, -0.2) is 4.79 Å². The van der Waals surface area contributed by atoms with E-state index in [-0.39, 0.29) is 5.92 Å². The maximum atomic E-state index is 10.9. The van der Waals surface area contributed by atoms with E-state index in [1.54, 1.807) is 13.8 Å². The van der Waals surface area contributed by atoms with Crippen molar-refractivity contribution in [3.05, 3.63) is 0 Å². The molecule has 0 aliphatic rings. The third-order valence-electron chi connectivity index (χ3n) is 1.72. The summed E-state index contributed by atoms with van der Waals surface area (Å²) in [5, 5.41) is 0. The number of carbonyl (C=O) groups excluding carboxylic acids is 1. The molecule has 0 saturated heterocycles. The summed E-state index contributed by atoms with van der Waals surface area (Å²) >= 11 is 0. The Morgan fingerprint density at radius 2 is 2.08 bits per heavy atom. The van der Waals surface area contributed by atoms with E-state index >= 15 is 0 Å². The second-order valence-electron chi connectivity index (χ2n) is 2.74. The minimum Gasteiger partial charge on any atom is -0.323 e. The standard InChI is InChI=1S/C6H13NO5S/c1-3-4(2)5(7)6(8)12-13(9,10)11/h4-5H,3,7H2,1-2H3,(H,9,10,11)/t4-,5-/m0/s1. The van der Waals surface area contributed by atoms with Crippen LogP contribution in [0.4, 0.5) is 0 Å². The molecule has 2 atom stereocenters. The highest BCUT2D eigenvalue weighted by molar-refractivity contribution is 7.81. The van der Waals surface area contributed by atoms with Gasteiger partial charge < -0.3 is 9.92 Å². The van der Waals surface area contributed by atoms with E-state index in [4.69, 9.17) is 10.3 Å². The summed E-state index contributed by atoms with van der Waals surface area (Å²) in [6.45, 7) is 3.47. The molecule has 0 heterocycles. The Labute approximate surface area is 77.0 Å². The van der Waals surface area contributed by atoms with Gasteiger partial charge in [0.05, 0.1) is 0 Å². The van der Waals surface area contributed by atoms with Gasteiger partial charge in [-0.2, -0.15) is 8.42 Å². The monoisotopic (exact) mass is 211 g/mol. The number of nitrogens with two attached hydrogens (primary N) is 1. The maximum Gasteiger partial charge on any atom is 0.449 e. The molecule has 0 radical (unpaired) electrons. The van der Waals surface area contributed by atoms with Crippen molar-refractivity contribution >= 4 is 16.4 Å². The Balaban J connectivity index is 4.28. The van der Waals surface area contributed by atoms with Crippen molar-refractivity contribution in [2.24, 2.45) is 11.7 Å². The quantitative estimate of drug-likeness (QED) is 0.618. The highest BCUT2D eigenvalue weighted by Gasteiger charge is 2.24. The van der Waals surface area contributed by atoms with Gasteiger partial charge in [0.25, 0.3) is 0 Å². The van der Waals surface area contributed by atoms with E-state index in [9.17, 15) is 13.2 Å². The molecule has 0 spiro atoms. The minimum absolute atomic E-state index is 0.200. The van der Waals surface area contributed by atoms with Gasteiger partial charge in [0.1, 0.15) is 6.04 Å². The highest BCUT2D eigenvalue weighted by atomic mass is 32.3. The lowest BCUT2D eigenvalue weighted by atomic mass is 10.0. The second-order valence-corrected chi connectivity index (χ2v) is 3.76. The van der Waals surface area contributed by atoms with Crippen LogP contribution in [0.15, 0.2) is 0 Å². The van der Waals surface area contributed by atoms with Gasteiger partial charge in [-0.3, -0.25) is 4.55 Å². The van der Waals surface area contributed by atoms with Crippen molar-refractivity contribution in [1.29, 1.82) is 0 Å². The molecule has 6 nitrogen and oxygen atoms in total. The third-order valence-corrected chi connectivity index (χ3v) is 2.09. The van der Waals surface area contributed by atoms with Crippen LogP contribution in [-0.2, 0) is 19.4 Å². The van der Waals surface area contributed by atoms with Crippen LogP contribution >= 0.6 is 0 Å². The third kappa shape index (κ3) is 4.81. The van der Waals surface area contributed by atoms with Crippen LogP contribution in [0.1, 0.15) is 20.3 Å². The zero-order valence-electron chi connectivity index (χ0n) is 7.43. The van der Waals surface area contributed by atoms with Crippen LogP contribution in [0.5, 0.6) is 0 Å². The van der Waals surface area contributed by atoms with E-state index < -0.39 is 22.4 Å². The molecule has 0 fully saturated rings. The summed E-state index contributed by atoms with van der Waals surface area (Å²) in [5.74, 6) is -1.34. The fraction of sp³-hybridized carbons (Fsp3) is 0.833. The van der Waals surface area contributed by atoms with E-state index in [0.29, 0.717) is 6.42 Å². The zero-order chi connectivity index (χ0) is 10.6. The summed E-state index contributed by atoms with van der Waals surface area (Å²) in [7, 11) is -4.74. The van der Waals surface area contributed by atoms with Crippen molar-refractivity contribution in [3.63, 3.8) is 0 Å². The van der Waals surface area contributed by atoms with Crippen molar-refractivity contribution < 1.29 is 21.9 Å². The van der Waals surface area contributed by atoms with Gasteiger partial charge in [0.15, 0.2) is 0 Å². The van der Waals surface area contributed by atoms with E-state index in [1.807, 2.05) is 0 Å². The summed E-state index contributed by atoms with van der Waals surface area (Å²) < 4.78 is 32.1. The Morgan fingerprint density at radius 3 is 2.38 bits per heavy atom. The minimum atomic E-state index is -4.74. The highest BCUT2D eigenvalue weighted by Crippen LogP contribution is 2.07. The van der Waals surface area contributed by atoms with Gasteiger partial charge in [-0.15, -0.1) is 0 Å². The Kier molecular flexibility index (Phi) is 4.31. The predicted molar refractivity (Wildman–Crippen MR) is 45.1 cm³/mol. The average molecular weight is 211 g/mol. The van der Waals surface area contributed by atoms with Gasteiger partial charge in [0, 0.05) is 0 Å². The molecule has 0 aromatic carbocycles. The Bertz CT molecular complexity index is 273. The zero-order valence-corrected chi connectivity index (χ0v) is 8.24. The van der Waals surface area contributed by atoms with Gasteiger partial charge in [-0.1, -0.05) is 20.3 Å². The predicted octanol–water partition coefficient (Wildman–Crippen LogP) is -0.294. The number of hydrogen-bond acceptors (Lipinski definition) is 5. The van der Waals surface area contributed by atoms with E-state index in [1.165, 1.54) is 0 Å². The molecule has 78 valence electrons. The van der Waals surface area contributed by atoms with E-state index in [2.05, 4.69) is 4.18 Å². The molecule has 0 saturated carbocycles. The molecule has 0 rings (SSSR count). The average Bonchev–Trinajstić information content (AvgIpc) is 1.98. The summed E-state index contributed by atoms with van der Waals surface area (Å²) in [4.78, 5) is 10.9. The van der Waals surface area contributed by atoms with Crippen LogP contribution in [0.3, 0.4) is 0 Å². The molecular weight excluding hydrogens is 198 g/mol. The van der Waals surface area contributed by atoms with Gasteiger partial charge >= 0.3 is 16.4 Å². The lowest BCUT2D eigenvalue weighted by Gasteiger charge is -2.14. The molecule has 3 N–H and O–H groups in total. The van der Waals surface area contributed by atoms with Gasteiger partial charge in [0.2, 0.25) is 0 Å². The number of carbonyl (C=O) groups is 1. The first-order valence-electron chi connectivity index (χ1n) is 3.74. The fourth-order valence-corrected chi connectivity index (χ4v) is 0.964. The first-order chi connectivity index (χ1) is 5.78. The molecule has 0 amide bonds. The van der Waals surface area contributed by atoms with Crippen molar-refractivity contribution in [2.75, 3.05) is 0 Å². The normalized spacial score (nSPS) is 16.3. The van der Waals surface area contributed by atoms with Crippen LogP contribution in [0.2, 0.25) is 0 Å². The summed E-state index contributed by atoms with van der Waals surface area (Å²) in [5.41, 5.74) is 5.33. The summed E-state index contributed by atoms with van der Waals surface area (Å²) in [6.07, 6.45) is 0.613. The molecular formula is C6H13NO5S. The van der Waals surface area contributed by atoms with Crippen molar-refractivity contribution in [1.82, 2.24) is 0 Å². The fourth-order valence-electron chi connectivity index (χ4n) is 0.646. The number of hydrogen-bond donors (Lipinski definition) is 2. The van der Waals surface area contributed by atoms with Crippen LogP contribution in [0, 0.1) is 5.92 Å². The van der Waals surface area contributed by atoms with Crippen LogP contribution in [0.25, 0.3) is 0 Å². The van der Waals surface area contributed by atoms with E-state index in [0.717, 1.165) is 0 Å².